The van der Waals surface area contributed by atoms with Crippen molar-refractivity contribution >= 4 is 131 Å². The van der Waals surface area contributed by atoms with E-state index in [4.69, 9.17) is 0 Å². The van der Waals surface area contributed by atoms with Gasteiger partial charge in [-0.3, -0.25) is 0 Å². The Hall–Kier alpha value is -12.7. The molecule has 6 heterocycles. The van der Waals surface area contributed by atoms with E-state index in [2.05, 4.69) is 0 Å². The SMILES string of the molecule is Fc1c(F)c(F)c(-c2cc(-n3c4cc(-n5c6ccccc6c6ccccc65)ccc4c4ccc(-n5c6ccccc6c6ccccc65)cc43)c(C(F)(F)F)c(-n3c4cc(-n5c6ccccc6c6ccccc65)ccc4c4ccc(-n5c6ccccc6c6ccccc65)cc43)c2)c(F)c1F. The third-order valence-corrected chi connectivity index (χ3v) is 20.2. The predicted molar refractivity (Wildman–Crippen MR) is 383 cm³/mol. The van der Waals surface area contributed by atoms with Gasteiger partial charge >= 0.3 is 6.18 Å². The molecule has 6 aromatic heterocycles. The summed E-state index contributed by atoms with van der Waals surface area (Å²) >= 11 is 0. The summed E-state index contributed by atoms with van der Waals surface area (Å²) in [5, 5.41) is 9.44. The van der Waals surface area contributed by atoms with Gasteiger partial charge in [0.2, 0.25) is 5.82 Å². The van der Waals surface area contributed by atoms with Crippen LogP contribution in [0.5, 0.6) is 0 Å². The van der Waals surface area contributed by atoms with Crippen LogP contribution in [0, 0.1) is 29.1 Å². The zero-order valence-electron chi connectivity index (χ0n) is 51.8. The van der Waals surface area contributed by atoms with Gasteiger partial charge in [-0.15, -0.1) is 0 Å². The molecule has 0 spiro atoms. The van der Waals surface area contributed by atoms with Crippen molar-refractivity contribution in [3.63, 3.8) is 0 Å². The van der Waals surface area contributed by atoms with E-state index in [0.717, 1.165) is 99.4 Å². The van der Waals surface area contributed by atoms with Crippen molar-refractivity contribution < 1.29 is 35.1 Å². The van der Waals surface area contributed by atoms with E-state index in [0.29, 0.717) is 44.3 Å². The molecule has 20 rings (SSSR count). The van der Waals surface area contributed by atoms with Crippen molar-refractivity contribution in [3.8, 4) is 45.3 Å². The number of hydrogen-bond acceptors (Lipinski definition) is 0. The average molecular weight is 1300 g/mol. The van der Waals surface area contributed by atoms with Gasteiger partial charge in [-0.2, -0.15) is 13.2 Å². The number of halogens is 8. The first kappa shape index (κ1) is 56.6. The first-order valence-electron chi connectivity index (χ1n) is 32.3. The molecule has 0 N–H and O–H groups in total. The highest BCUT2D eigenvalue weighted by Crippen LogP contribution is 2.50. The summed E-state index contributed by atoms with van der Waals surface area (Å²) in [7, 11) is 0. The van der Waals surface area contributed by atoms with Crippen molar-refractivity contribution in [1.82, 2.24) is 27.4 Å². The first-order valence-corrected chi connectivity index (χ1v) is 32.3. The molecule has 14 aromatic carbocycles. The Morgan fingerprint density at radius 2 is 0.404 bits per heavy atom. The Kier molecular flexibility index (Phi) is 11.8. The Bertz CT molecular complexity index is 5980. The monoisotopic (exact) mass is 1300 g/mol. The van der Waals surface area contributed by atoms with Gasteiger partial charge in [0.1, 0.15) is 5.56 Å². The Morgan fingerprint density at radius 1 is 0.202 bits per heavy atom. The normalized spacial score (nSPS) is 12.4. The summed E-state index contributed by atoms with van der Waals surface area (Å²) in [6.07, 6.45) is -5.37. The summed E-state index contributed by atoms with van der Waals surface area (Å²) in [5.41, 5.74) is 4.96. The molecular weight excluding hydrogens is 1260 g/mol. The molecule has 6 nitrogen and oxygen atoms in total. The summed E-state index contributed by atoms with van der Waals surface area (Å²) < 4.78 is 148. The van der Waals surface area contributed by atoms with Crippen molar-refractivity contribution in [1.29, 1.82) is 0 Å². The maximum atomic E-state index is 18.2. The van der Waals surface area contributed by atoms with Crippen LogP contribution >= 0.6 is 0 Å². The minimum atomic E-state index is -5.37. The van der Waals surface area contributed by atoms with Crippen LogP contribution in [0.3, 0.4) is 0 Å². The number of alkyl halides is 3. The predicted octanol–water partition coefficient (Wildman–Crippen LogP) is 23.7. The molecule has 0 radical (unpaired) electrons. The number of nitrogens with zero attached hydrogens (tertiary/aromatic N) is 6. The lowest BCUT2D eigenvalue weighted by Gasteiger charge is -2.24. The number of benzene rings is 14. The van der Waals surface area contributed by atoms with Crippen molar-refractivity contribution in [2.45, 2.75) is 6.18 Å². The van der Waals surface area contributed by atoms with Crippen LogP contribution in [-0.2, 0) is 6.18 Å². The van der Waals surface area contributed by atoms with Crippen molar-refractivity contribution in [2.24, 2.45) is 0 Å². The number of fused-ring (bicyclic) bond motifs is 18. The molecule has 0 saturated heterocycles. The Balaban J connectivity index is 0.975. The number of para-hydroxylation sites is 8. The lowest BCUT2D eigenvalue weighted by molar-refractivity contribution is -0.137. The first-order chi connectivity index (χ1) is 48.4. The van der Waals surface area contributed by atoms with E-state index < -0.39 is 63.3 Å². The van der Waals surface area contributed by atoms with Crippen LogP contribution in [0.2, 0.25) is 0 Å². The minimum absolute atomic E-state index is 0.235. The van der Waals surface area contributed by atoms with Gasteiger partial charge in [0.15, 0.2) is 23.3 Å². The molecule has 99 heavy (non-hydrogen) atoms. The molecular formula is C85H46F8N6. The number of hydrogen-bond donors (Lipinski definition) is 0. The molecule has 0 unspecified atom stereocenters. The lowest BCUT2D eigenvalue weighted by Crippen LogP contribution is -2.17. The minimum Gasteiger partial charge on any atom is -0.309 e. The number of aromatic nitrogens is 6. The van der Waals surface area contributed by atoms with Crippen LogP contribution in [0.4, 0.5) is 35.1 Å². The highest BCUT2D eigenvalue weighted by molar-refractivity contribution is 6.17. The summed E-state index contributed by atoms with van der Waals surface area (Å²) in [4.78, 5) is 0. The van der Waals surface area contributed by atoms with E-state index in [1.54, 1.807) is 24.3 Å². The second kappa shape index (κ2) is 20.7. The molecule has 0 fully saturated rings. The maximum Gasteiger partial charge on any atom is 0.420 e. The van der Waals surface area contributed by atoms with Crippen LogP contribution < -0.4 is 0 Å². The zero-order chi connectivity index (χ0) is 66.4. The van der Waals surface area contributed by atoms with Gasteiger partial charge in [0.25, 0.3) is 0 Å². The molecule has 14 heteroatoms. The molecule has 20 aromatic rings. The van der Waals surface area contributed by atoms with Gasteiger partial charge in [0.05, 0.1) is 83.1 Å². The second-order valence-corrected chi connectivity index (χ2v) is 25.3. The molecule has 0 aliphatic rings. The van der Waals surface area contributed by atoms with Gasteiger partial charge in [-0.1, -0.05) is 170 Å². The highest BCUT2D eigenvalue weighted by atomic mass is 19.4. The average Bonchev–Trinajstić information content (AvgIpc) is 1.59. The summed E-state index contributed by atoms with van der Waals surface area (Å²) in [6.45, 7) is 0. The van der Waals surface area contributed by atoms with Crippen LogP contribution in [0.1, 0.15) is 5.56 Å². The number of rotatable bonds is 7. The third-order valence-electron chi connectivity index (χ3n) is 20.2. The standard InChI is InChI=1S/C85H46F8N6/c86-80-78(81(87)83(89)84(90)82(80)88)47-41-76(98-72-43-48(94-64-25-9-1-17-52(64)53-18-2-10-26-65(53)94)33-37-60(72)61-38-34-49(44-73(61)98)95-66-27-11-3-19-54(66)55-20-4-12-28-67(55)95)79(85(91,92)93)77(42-47)99-74-45-50(96-68-29-13-5-21-56(68)57-22-6-14-30-69(57)96)35-39-62(74)63-40-36-51(46-75(63)99)97-70-31-15-7-23-58(70)59-24-8-16-32-71(59)97/h1-46H. The molecule has 0 bridgehead atoms. The van der Waals surface area contributed by atoms with E-state index >= 15 is 35.1 Å². The van der Waals surface area contributed by atoms with Gasteiger partial charge < -0.3 is 27.4 Å². The van der Waals surface area contributed by atoms with Gasteiger partial charge in [-0.25, -0.2) is 22.0 Å². The molecule has 0 aliphatic heterocycles. The van der Waals surface area contributed by atoms with E-state index in [1.165, 1.54) is 9.13 Å². The van der Waals surface area contributed by atoms with Crippen molar-refractivity contribution in [2.75, 3.05) is 0 Å². The van der Waals surface area contributed by atoms with Crippen LogP contribution in [0.25, 0.3) is 176 Å². The summed E-state index contributed by atoms with van der Waals surface area (Å²) in [5.74, 6) is -11.4. The molecule has 0 amide bonds. The fourth-order valence-electron chi connectivity index (χ4n) is 16.1. The van der Waals surface area contributed by atoms with Gasteiger partial charge in [-0.05, 0) is 115 Å². The lowest BCUT2D eigenvalue weighted by atomic mass is 9.97. The Morgan fingerprint density at radius 3 is 0.626 bits per heavy atom. The largest absolute Gasteiger partial charge is 0.420 e. The molecule has 0 atom stereocenters. The Labute approximate surface area is 555 Å². The topological polar surface area (TPSA) is 29.6 Å². The molecule has 0 saturated carbocycles. The highest BCUT2D eigenvalue weighted by Gasteiger charge is 2.41. The fourth-order valence-corrected chi connectivity index (χ4v) is 16.1. The van der Waals surface area contributed by atoms with Crippen LogP contribution in [-0.4, -0.2) is 27.4 Å². The maximum absolute atomic E-state index is 18.2. The van der Waals surface area contributed by atoms with E-state index in [1.807, 2.05) is 261 Å². The summed E-state index contributed by atoms with van der Waals surface area (Å²) in [6, 6.07) is 86.8. The van der Waals surface area contributed by atoms with Crippen LogP contribution in [0.15, 0.2) is 279 Å². The third kappa shape index (κ3) is 7.93. The molecule has 0 aliphatic carbocycles. The zero-order valence-corrected chi connectivity index (χ0v) is 51.8. The smallest absolute Gasteiger partial charge is 0.309 e. The van der Waals surface area contributed by atoms with Crippen molar-refractivity contribution in [3.05, 3.63) is 314 Å². The van der Waals surface area contributed by atoms with E-state index in [-0.39, 0.29) is 22.1 Å². The second-order valence-electron chi connectivity index (χ2n) is 25.3. The van der Waals surface area contributed by atoms with Gasteiger partial charge in [0, 0.05) is 87.4 Å². The fraction of sp³-hybridized carbons (Fsp3) is 0.0118. The van der Waals surface area contributed by atoms with E-state index in [9.17, 15) is 0 Å². The quantitative estimate of drug-likeness (QED) is 0.0865. The molecule has 472 valence electrons.